The first-order valence-corrected chi connectivity index (χ1v) is 7.62. The van der Waals surface area contributed by atoms with Gasteiger partial charge in [0.05, 0.1) is 16.9 Å². The average molecular weight is 317 g/mol. The topological polar surface area (TPSA) is 56.3 Å². The Kier molecular flexibility index (Phi) is 4.32. The molecule has 0 bridgehead atoms. The predicted molar refractivity (Wildman–Crippen MR) is 84.9 cm³/mol. The van der Waals surface area contributed by atoms with Crippen LogP contribution in [0.4, 0.5) is 5.69 Å². The zero-order valence-electron chi connectivity index (χ0n) is 12.4. The van der Waals surface area contributed by atoms with Gasteiger partial charge in [-0.2, -0.15) is 5.26 Å². The second kappa shape index (κ2) is 6.39. The fourth-order valence-corrected chi connectivity index (χ4v) is 2.91. The lowest BCUT2D eigenvalue weighted by atomic mass is 10.1. The first-order chi connectivity index (χ1) is 10.7. The second-order valence-corrected chi connectivity index (χ2v) is 5.90. The highest BCUT2D eigenvalue weighted by molar-refractivity contribution is 6.30. The van der Waals surface area contributed by atoms with E-state index in [-0.39, 0.29) is 0 Å². The summed E-state index contributed by atoms with van der Waals surface area (Å²) in [5.41, 5.74) is 2.56. The van der Waals surface area contributed by atoms with Gasteiger partial charge < -0.3 is 9.42 Å². The van der Waals surface area contributed by atoms with Crippen LogP contribution in [0.3, 0.4) is 0 Å². The Hall–Kier alpha value is -2.03. The van der Waals surface area contributed by atoms with Crippen LogP contribution < -0.4 is 4.90 Å². The number of aryl methyl sites for hydroxylation is 1. The lowest BCUT2D eigenvalue weighted by molar-refractivity contribution is 0.241. The number of hydrogen-bond donors (Lipinski definition) is 0. The Morgan fingerprint density at radius 3 is 2.68 bits per heavy atom. The van der Waals surface area contributed by atoms with Crippen LogP contribution in [0, 0.1) is 18.3 Å². The maximum Gasteiger partial charge on any atom is 0.133 e. The maximum absolute atomic E-state index is 9.26. The van der Waals surface area contributed by atoms with Gasteiger partial charge in [-0.3, -0.25) is 4.90 Å². The van der Waals surface area contributed by atoms with E-state index in [4.69, 9.17) is 16.1 Å². The standard InChI is InChI=1S/C16H17ClN4O/c1-12-8-15(19-22-12)11-20-4-6-21(7-5-20)16-3-2-14(17)9-13(16)10-18/h2-3,8-9H,4-7,11H2,1H3. The molecule has 0 unspecified atom stereocenters. The van der Waals surface area contributed by atoms with E-state index < -0.39 is 0 Å². The second-order valence-electron chi connectivity index (χ2n) is 5.47. The molecule has 3 rings (SSSR count). The van der Waals surface area contributed by atoms with E-state index in [9.17, 15) is 5.26 Å². The Balaban J connectivity index is 1.63. The fourth-order valence-electron chi connectivity index (χ4n) is 2.74. The highest BCUT2D eigenvalue weighted by Gasteiger charge is 2.20. The van der Waals surface area contributed by atoms with Crippen LogP contribution in [0.2, 0.25) is 5.02 Å². The molecule has 0 N–H and O–H groups in total. The molecule has 6 heteroatoms. The summed E-state index contributed by atoms with van der Waals surface area (Å²) in [6, 6.07) is 9.68. The Labute approximate surface area is 134 Å². The van der Waals surface area contributed by atoms with Gasteiger partial charge in [0, 0.05) is 43.8 Å². The van der Waals surface area contributed by atoms with Crippen LogP contribution in [-0.4, -0.2) is 36.2 Å². The molecular formula is C16H17ClN4O. The van der Waals surface area contributed by atoms with Crippen LogP contribution >= 0.6 is 11.6 Å². The molecule has 0 radical (unpaired) electrons. The molecule has 2 aromatic rings. The van der Waals surface area contributed by atoms with E-state index in [1.54, 1.807) is 6.07 Å². The van der Waals surface area contributed by atoms with Crippen LogP contribution in [0.1, 0.15) is 17.0 Å². The van der Waals surface area contributed by atoms with Gasteiger partial charge in [0.25, 0.3) is 0 Å². The quantitative estimate of drug-likeness (QED) is 0.871. The predicted octanol–water partition coefficient (Wildman–Crippen LogP) is 2.83. The van der Waals surface area contributed by atoms with Gasteiger partial charge in [-0.1, -0.05) is 16.8 Å². The van der Waals surface area contributed by atoms with Crippen molar-refractivity contribution in [2.45, 2.75) is 13.5 Å². The summed E-state index contributed by atoms with van der Waals surface area (Å²) in [5, 5.41) is 13.9. The number of nitriles is 1. The van der Waals surface area contributed by atoms with Crippen molar-refractivity contribution in [3.8, 4) is 6.07 Å². The average Bonchev–Trinajstić information content (AvgIpc) is 2.93. The number of aromatic nitrogens is 1. The van der Waals surface area contributed by atoms with Crippen LogP contribution in [0.25, 0.3) is 0 Å². The normalized spacial score (nSPS) is 15.8. The minimum absolute atomic E-state index is 0.598. The number of hydrogen-bond acceptors (Lipinski definition) is 5. The molecule has 0 atom stereocenters. The van der Waals surface area contributed by atoms with E-state index in [0.717, 1.165) is 49.9 Å². The summed E-state index contributed by atoms with van der Waals surface area (Å²) in [6.07, 6.45) is 0. The molecule has 5 nitrogen and oxygen atoms in total. The number of anilines is 1. The number of piperazine rings is 1. The van der Waals surface area contributed by atoms with Crippen LogP contribution in [0.5, 0.6) is 0 Å². The number of nitrogens with zero attached hydrogens (tertiary/aromatic N) is 4. The first-order valence-electron chi connectivity index (χ1n) is 7.25. The molecule has 1 aromatic heterocycles. The first kappa shape index (κ1) is 14.9. The highest BCUT2D eigenvalue weighted by atomic mass is 35.5. The molecule has 0 saturated carbocycles. The fraction of sp³-hybridized carbons (Fsp3) is 0.375. The summed E-state index contributed by atoms with van der Waals surface area (Å²) >= 11 is 5.96. The molecule has 1 saturated heterocycles. The van der Waals surface area contributed by atoms with Crippen molar-refractivity contribution in [3.63, 3.8) is 0 Å². The summed E-state index contributed by atoms with van der Waals surface area (Å²) in [6.45, 7) is 6.33. The van der Waals surface area contributed by atoms with Gasteiger partial charge in [-0.25, -0.2) is 0 Å². The summed E-state index contributed by atoms with van der Waals surface area (Å²) in [4.78, 5) is 4.58. The molecule has 0 aliphatic carbocycles. The lowest BCUT2D eigenvalue weighted by Crippen LogP contribution is -2.46. The van der Waals surface area contributed by atoms with Crippen molar-refractivity contribution in [2.75, 3.05) is 31.1 Å². The van der Waals surface area contributed by atoms with E-state index in [1.807, 2.05) is 25.1 Å². The minimum Gasteiger partial charge on any atom is -0.368 e. The zero-order valence-corrected chi connectivity index (χ0v) is 13.2. The Bertz CT molecular complexity index is 698. The van der Waals surface area contributed by atoms with E-state index >= 15 is 0 Å². The van der Waals surface area contributed by atoms with Crippen molar-refractivity contribution >= 4 is 17.3 Å². The lowest BCUT2D eigenvalue weighted by Gasteiger charge is -2.36. The summed E-state index contributed by atoms with van der Waals surface area (Å²) in [7, 11) is 0. The molecule has 114 valence electrons. The minimum atomic E-state index is 0.598. The van der Waals surface area contributed by atoms with E-state index in [0.29, 0.717) is 10.6 Å². The third-order valence-electron chi connectivity index (χ3n) is 3.85. The number of halogens is 1. The van der Waals surface area contributed by atoms with Gasteiger partial charge in [0.1, 0.15) is 11.8 Å². The molecule has 1 aliphatic rings. The zero-order chi connectivity index (χ0) is 15.5. The monoisotopic (exact) mass is 316 g/mol. The smallest absolute Gasteiger partial charge is 0.133 e. The molecule has 1 aliphatic heterocycles. The van der Waals surface area contributed by atoms with Gasteiger partial charge in [-0.05, 0) is 25.1 Å². The summed E-state index contributed by atoms with van der Waals surface area (Å²) < 4.78 is 5.10. The molecule has 2 heterocycles. The van der Waals surface area contributed by atoms with Gasteiger partial charge in [-0.15, -0.1) is 0 Å². The van der Waals surface area contributed by atoms with Gasteiger partial charge >= 0.3 is 0 Å². The van der Waals surface area contributed by atoms with Crippen molar-refractivity contribution in [1.29, 1.82) is 5.26 Å². The molecule has 1 fully saturated rings. The summed E-state index contributed by atoms with van der Waals surface area (Å²) in [5.74, 6) is 0.841. The SMILES string of the molecule is Cc1cc(CN2CCN(c3ccc(Cl)cc3C#N)CC2)no1. The third-order valence-corrected chi connectivity index (χ3v) is 4.09. The van der Waals surface area contributed by atoms with E-state index in [1.165, 1.54) is 0 Å². The highest BCUT2D eigenvalue weighted by Crippen LogP contribution is 2.25. The molecule has 0 amide bonds. The third kappa shape index (κ3) is 3.24. The largest absolute Gasteiger partial charge is 0.368 e. The van der Waals surface area contributed by atoms with Crippen molar-refractivity contribution in [3.05, 3.63) is 46.3 Å². The van der Waals surface area contributed by atoms with Crippen molar-refractivity contribution in [1.82, 2.24) is 10.1 Å². The van der Waals surface area contributed by atoms with Crippen molar-refractivity contribution < 1.29 is 4.52 Å². The van der Waals surface area contributed by atoms with Crippen LogP contribution in [0.15, 0.2) is 28.8 Å². The number of rotatable bonds is 3. The number of benzene rings is 1. The Morgan fingerprint density at radius 2 is 2.05 bits per heavy atom. The molecular weight excluding hydrogens is 300 g/mol. The maximum atomic E-state index is 9.26. The van der Waals surface area contributed by atoms with Gasteiger partial charge in [0.15, 0.2) is 0 Å². The van der Waals surface area contributed by atoms with E-state index in [2.05, 4.69) is 21.0 Å². The van der Waals surface area contributed by atoms with Crippen molar-refractivity contribution in [2.24, 2.45) is 0 Å². The van der Waals surface area contributed by atoms with Crippen LogP contribution in [-0.2, 0) is 6.54 Å². The Morgan fingerprint density at radius 1 is 1.27 bits per heavy atom. The molecule has 22 heavy (non-hydrogen) atoms. The molecule has 0 spiro atoms. The van der Waals surface area contributed by atoms with Gasteiger partial charge in [0.2, 0.25) is 0 Å². The molecule has 1 aromatic carbocycles.